The molecule has 0 aliphatic heterocycles. The van der Waals surface area contributed by atoms with Gasteiger partial charge in [0.15, 0.2) is 5.65 Å². The van der Waals surface area contributed by atoms with E-state index in [0.29, 0.717) is 0 Å². The topological polar surface area (TPSA) is 137 Å². The lowest BCUT2D eigenvalue weighted by Crippen LogP contribution is -2.31. The summed E-state index contributed by atoms with van der Waals surface area (Å²) >= 11 is 0. The van der Waals surface area contributed by atoms with Crippen LogP contribution in [0.4, 0.5) is 5.82 Å². The van der Waals surface area contributed by atoms with E-state index >= 15 is 0 Å². The number of nitrogens with one attached hydrogen (secondary N) is 3. The molecule has 2 aromatic rings. The van der Waals surface area contributed by atoms with Crippen LogP contribution in [0.25, 0.3) is 11.2 Å². The van der Waals surface area contributed by atoms with E-state index in [-0.39, 0.29) is 17.0 Å². The number of anilines is 1. The molecule has 0 fully saturated rings. The standard InChI is InChI=1S/C6H5N5O3/c7-2-1-3(11-6(14)9-2)10-5(13)4(12)8-1/h(H,8,12)(H4,7,9,10,11,13,14). The van der Waals surface area contributed by atoms with Crippen LogP contribution in [-0.2, 0) is 0 Å². The average molecular weight is 195 g/mol. The highest BCUT2D eigenvalue weighted by Gasteiger charge is 2.04. The van der Waals surface area contributed by atoms with E-state index in [1.165, 1.54) is 0 Å². The molecular formula is C6H5N5O3. The lowest BCUT2D eigenvalue weighted by Gasteiger charge is -1.97. The second-order valence-electron chi connectivity index (χ2n) is 2.59. The quantitative estimate of drug-likeness (QED) is 0.356. The Bertz CT molecular complexity index is 663. The van der Waals surface area contributed by atoms with E-state index in [1.807, 2.05) is 0 Å². The molecule has 0 atom stereocenters. The van der Waals surface area contributed by atoms with E-state index in [2.05, 4.69) is 19.9 Å². The molecule has 0 aliphatic rings. The van der Waals surface area contributed by atoms with Crippen molar-refractivity contribution in [2.45, 2.75) is 0 Å². The Hall–Kier alpha value is -2.38. The molecule has 5 N–H and O–H groups in total. The molecule has 0 aliphatic carbocycles. The van der Waals surface area contributed by atoms with Gasteiger partial charge in [-0.05, 0) is 0 Å². The number of H-pyrrole nitrogens is 3. The Morgan fingerprint density at radius 1 is 1.00 bits per heavy atom. The molecule has 2 rings (SSSR count). The van der Waals surface area contributed by atoms with Crippen molar-refractivity contribution in [3.05, 3.63) is 31.2 Å². The van der Waals surface area contributed by atoms with Gasteiger partial charge >= 0.3 is 16.8 Å². The molecule has 0 bridgehead atoms. The van der Waals surface area contributed by atoms with E-state index in [9.17, 15) is 14.4 Å². The van der Waals surface area contributed by atoms with Crippen LogP contribution >= 0.6 is 0 Å². The third kappa shape index (κ3) is 1.09. The number of rotatable bonds is 0. The first kappa shape index (κ1) is 8.23. The fourth-order valence-electron chi connectivity index (χ4n) is 1.04. The summed E-state index contributed by atoms with van der Waals surface area (Å²) in [6.07, 6.45) is 0. The summed E-state index contributed by atoms with van der Waals surface area (Å²) in [4.78, 5) is 42.5. The molecule has 8 nitrogen and oxygen atoms in total. The molecule has 2 heterocycles. The van der Waals surface area contributed by atoms with Crippen LogP contribution < -0.4 is 22.5 Å². The van der Waals surface area contributed by atoms with Crippen LogP contribution in [-0.4, -0.2) is 19.9 Å². The summed E-state index contributed by atoms with van der Waals surface area (Å²) in [7, 11) is 0. The SMILES string of the molecule is Nc1[nH]c(=O)nc2[nH]c(=O)c(=O)[nH]c12. The molecule has 0 aromatic carbocycles. The number of hydrogen-bond acceptors (Lipinski definition) is 5. The second-order valence-corrected chi connectivity index (χ2v) is 2.59. The minimum atomic E-state index is -0.880. The summed E-state index contributed by atoms with van der Waals surface area (Å²) in [5.74, 6) is -0.0478. The number of fused-ring (bicyclic) bond motifs is 1. The fourth-order valence-corrected chi connectivity index (χ4v) is 1.04. The van der Waals surface area contributed by atoms with Gasteiger partial charge in [-0.1, -0.05) is 0 Å². The number of aromatic nitrogens is 4. The lowest BCUT2D eigenvalue weighted by molar-refractivity contribution is 1.05. The van der Waals surface area contributed by atoms with Gasteiger partial charge in [0.25, 0.3) is 0 Å². The van der Waals surface area contributed by atoms with Crippen LogP contribution in [0.5, 0.6) is 0 Å². The van der Waals surface area contributed by atoms with Crippen molar-refractivity contribution >= 4 is 17.0 Å². The molecule has 0 unspecified atom stereocenters. The molecule has 72 valence electrons. The van der Waals surface area contributed by atoms with Gasteiger partial charge in [-0.25, -0.2) is 4.79 Å². The smallest absolute Gasteiger partial charge is 0.348 e. The van der Waals surface area contributed by atoms with Gasteiger partial charge in [0.2, 0.25) is 0 Å². The molecule has 0 amide bonds. The van der Waals surface area contributed by atoms with Crippen LogP contribution in [0.1, 0.15) is 0 Å². The van der Waals surface area contributed by atoms with Crippen LogP contribution in [0.3, 0.4) is 0 Å². The first-order valence-electron chi connectivity index (χ1n) is 3.60. The first-order valence-corrected chi connectivity index (χ1v) is 3.60. The van der Waals surface area contributed by atoms with Crippen molar-refractivity contribution in [3.63, 3.8) is 0 Å². The molecule has 0 saturated heterocycles. The Balaban J connectivity index is 3.11. The van der Waals surface area contributed by atoms with Crippen molar-refractivity contribution in [2.75, 3.05) is 5.73 Å². The number of nitrogen functional groups attached to an aromatic ring is 1. The van der Waals surface area contributed by atoms with Crippen molar-refractivity contribution in [2.24, 2.45) is 0 Å². The van der Waals surface area contributed by atoms with Gasteiger partial charge in [-0.2, -0.15) is 4.98 Å². The van der Waals surface area contributed by atoms with Crippen molar-refractivity contribution in [1.29, 1.82) is 0 Å². The zero-order valence-corrected chi connectivity index (χ0v) is 6.75. The van der Waals surface area contributed by atoms with Gasteiger partial charge in [0.05, 0.1) is 0 Å². The summed E-state index contributed by atoms with van der Waals surface area (Å²) in [5, 5.41) is 0. The predicted octanol–water partition coefficient (Wildman–Crippen LogP) is -2.12. The fraction of sp³-hybridized carbons (Fsp3) is 0. The molecular weight excluding hydrogens is 190 g/mol. The summed E-state index contributed by atoms with van der Waals surface area (Å²) in [6, 6.07) is 0. The first-order chi connectivity index (χ1) is 6.58. The zero-order valence-electron chi connectivity index (χ0n) is 6.75. The normalized spacial score (nSPS) is 10.6. The summed E-state index contributed by atoms with van der Waals surface area (Å²) in [6.45, 7) is 0. The van der Waals surface area contributed by atoms with Gasteiger partial charge in [-0.3, -0.25) is 14.6 Å². The minimum absolute atomic E-state index is 0.0455. The van der Waals surface area contributed by atoms with Crippen LogP contribution in [0.15, 0.2) is 14.4 Å². The maximum absolute atomic E-state index is 10.9. The highest BCUT2D eigenvalue weighted by atomic mass is 16.2. The Morgan fingerprint density at radius 2 is 1.64 bits per heavy atom. The number of hydrogen-bond donors (Lipinski definition) is 4. The zero-order chi connectivity index (χ0) is 10.3. The van der Waals surface area contributed by atoms with Gasteiger partial charge in [0.1, 0.15) is 11.3 Å². The largest absolute Gasteiger partial charge is 0.383 e. The third-order valence-corrected chi connectivity index (χ3v) is 1.64. The van der Waals surface area contributed by atoms with Crippen molar-refractivity contribution in [1.82, 2.24) is 19.9 Å². The number of nitrogens with two attached hydrogens (primary N) is 1. The molecule has 0 spiro atoms. The van der Waals surface area contributed by atoms with Gasteiger partial charge < -0.3 is 15.7 Å². The monoisotopic (exact) mass is 195 g/mol. The van der Waals surface area contributed by atoms with Crippen molar-refractivity contribution < 1.29 is 0 Å². The minimum Gasteiger partial charge on any atom is -0.383 e. The third-order valence-electron chi connectivity index (χ3n) is 1.64. The van der Waals surface area contributed by atoms with Gasteiger partial charge in [0, 0.05) is 0 Å². The predicted molar refractivity (Wildman–Crippen MR) is 48.0 cm³/mol. The molecule has 8 heteroatoms. The highest BCUT2D eigenvalue weighted by molar-refractivity contribution is 5.79. The number of aromatic amines is 3. The average Bonchev–Trinajstić information content (AvgIpc) is 2.08. The van der Waals surface area contributed by atoms with Crippen LogP contribution in [0, 0.1) is 0 Å². The molecule has 0 radical (unpaired) electrons. The Morgan fingerprint density at radius 3 is 2.36 bits per heavy atom. The Kier molecular flexibility index (Phi) is 1.50. The highest BCUT2D eigenvalue weighted by Crippen LogP contribution is 2.04. The van der Waals surface area contributed by atoms with Crippen molar-refractivity contribution in [3.8, 4) is 0 Å². The van der Waals surface area contributed by atoms with Gasteiger partial charge in [-0.15, -0.1) is 0 Å². The molecule has 2 aromatic heterocycles. The summed E-state index contributed by atoms with van der Waals surface area (Å²) < 4.78 is 0. The molecule has 14 heavy (non-hydrogen) atoms. The van der Waals surface area contributed by atoms with E-state index in [1.54, 1.807) is 0 Å². The van der Waals surface area contributed by atoms with E-state index < -0.39 is 16.8 Å². The van der Waals surface area contributed by atoms with E-state index in [0.717, 1.165) is 0 Å². The number of nitrogens with zero attached hydrogens (tertiary/aromatic N) is 1. The lowest BCUT2D eigenvalue weighted by atomic mass is 10.5. The Labute approximate surface area is 74.8 Å². The van der Waals surface area contributed by atoms with E-state index in [4.69, 9.17) is 5.73 Å². The summed E-state index contributed by atoms with van der Waals surface area (Å²) in [5.41, 5.74) is 3.02. The van der Waals surface area contributed by atoms with Crippen LogP contribution in [0.2, 0.25) is 0 Å². The maximum Gasteiger partial charge on any atom is 0.348 e. The second kappa shape index (κ2) is 2.55. The maximum atomic E-state index is 10.9. The molecule has 0 saturated carbocycles.